The molecule has 0 radical (unpaired) electrons. The van der Waals surface area contributed by atoms with Gasteiger partial charge in [0.15, 0.2) is 0 Å². The number of benzene rings is 1. The summed E-state index contributed by atoms with van der Waals surface area (Å²) in [4.78, 5) is 0. The lowest BCUT2D eigenvalue weighted by molar-refractivity contribution is 0.586. The predicted octanol–water partition coefficient (Wildman–Crippen LogP) is 4.25. The van der Waals surface area contributed by atoms with Crippen LogP contribution >= 0.6 is 0 Å². The SMILES string of the molecule is CCCC(CCC)Nc1cccc(C)c1C#N. The molecular formula is C15H22N2. The Morgan fingerprint density at radius 2 is 1.88 bits per heavy atom. The van der Waals surface area contributed by atoms with Crippen molar-refractivity contribution in [2.45, 2.75) is 52.5 Å². The highest BCUT2D eigenvalue weighted by atomic mass is 14.9. The molecule has 1 rings (SSSR count). The second-order valence-electron chi connectivity index (χ2n) is 4.53. The van der Waals surface area contributed by atoms with Gasteiger partial charge in [-0.15, -0.1) is 0 Å². The number of nitrogens with zero attached hydrogens (tertiary/aromatic N) is 1. The predicted molar refractivity (Wildman–Crippen MR) is 73.1 cm³/mol. The molecule has 0 heterocycles. The van der Waals surface area contributed by atoms with Gasteiger partial charge in [0, 0.05) is 6.04 Å². The Kier molecular flexibility index (Phi) is 5.56. The number of anilines is 1. The third-order valence-electron chi connectivity index (χ3n) is 3.02. The highest BCUT2D eigenvalue weighted by molar-refractivity contribution is 5.61. The number of nitrogens with one attached hydrogen (secondary N) is 1. The van der Waals surface area contributed by atoms with E-state index in [0.29, 0.717) is 6.04 Å². The summed E-state index contributed by atoms with van der Waals surface area (Å²) in [6, 6.07) is 8.77. The average molecular weight is 230 g/mol. The zero-order valence-electron chi connectivity index (χ0n) is 11.1. The van der Waals surface area contributed by atoms with Crippen LogP contribution in [0.15, 0.2) is 18.2 Å². The molecule has 1 aromatic carbocycles. The van der Waals surface area contributed by atoms with Crippen LogP contribution < -0.4 is 5.32 Å². The molecule has 17 heavy (non-hydrogen) atoms. The number of nitriles is 1. The Morgan fingerprint density at radius 1 is 1.24 bits per heavy atom. The van der Waals surface area contributed by atoms with E-state index in [2.05, 4.69) is 25.2 Å². The van der Waals surface area contributed by atoms with Crippen LogP contribution in [0.25, 0.3) is 0 Å². The van der Waals surface area contributed by atoms with E-state index in [1.165, 1.54) is 12.8 Å². The van der Waals surface area contributed by atoms with Crippen molar-refractivity contribution >= 4 is 5.69 Å². The molecule has 0 atom stereocenters. The highest BCUT2D eigenvalue weighted by Gasteiger charge is 2.10. The highest BCUT2D eigenvalue weighted by Crippen LogP contribution is 2.21. The fourth-order valence-electron chi connectivity index (χ4n) is 2.14. The number of hydrogen-bond donors (Lipinski definition) is 1. The lowest BCUT2D eigenvalue weighted by atomic mass is 10.0. The lowest BCUT2D eigenvalue weighted by Gasteiger charge is -2.20. The first-order chi connectivity index (χ1) is 8.22. The van der Waals surface area contributed by atoms with E-state index in [9.17, 15) is 5.26 Å². The number of rotatable bonds is 6. The molecule has 1 N–H and O–H groups in total. The summed E-state index contributed by atoms with van der Waals surface area (Å²) in [5.41, 5.74) is 2.81. The van der Waals surface area contributed by atoms with Crippen LogP contribution in [0.3, 0.4) is 0 Å². The minimum Gasteiger partial charge on any atom is -0.381 e. The van der Waals surface area contributed by atoms with E-state index in [1.807, 2.05) is 25.1 Å². The smallest absolute Gasteiger partial charge is 0.102 e. The van der Waals surface area contributed by atoms with Crippen LogP contribution in [0, 0.1) is 18.3 Å². The molecule has 0 unspecified atom stereocenters. The van der Waals surface area contributed by atoms with E-state index in [1.54, 1.807) is 0 Å². The second-order valence-corrected chi connectivity index (χ2v) is 4.53. The molecule has 2 heteroatoms. The van der Waals surface area contributed by atoms with Crippen LogP contribution in [0.4, 0.5) is 5.69 Å². The van der Waals surface area contributed by atoms with Crippen LogP contribution in [0.5, 0.6) is 0 Å². The van der Waals surface area contributed by atoms with E-state index in [4.69, 9.17) is 0 Å². The third-order valence-corrected chi connectivity index (χ3v) is 3.02. The van der Waals surface area contributed by atoms with Crippen molar-refractivity contribution in [3.05, 3.63) is 29.3 Å². The summed E-state index contributed by atoms with van der Waals surface area (Å²) in [5.74, 6) is 0. The molecular weight excluding hydrogens is 208 g/mol. The monoisotopic (exact) mass is 230 g/mol. The molecule has 2 nitrogen and oxygen atoms in total. The fourth-order valence-corrected chi connectivity index (χ4v) is 2.14. The first-order valence-corrected chi connectivity index (χ1v) is 6.49. The molecule has 0 saturated heterocycles. The zero-order chi connectivity index (χ0) is 12.7. The minimum absolute atomic E-state index is 0.485. The van der Waals surface area contributed by atoms with Gasteiger partial charge < -0.3 is 5.32 Å². The summed E-state index contributed by atoms with van der Waals surface area (Å²) >= 11 is 0. The van der Waals surface area contributed by atoms with Crippen molar-refractivity contribution in [2.24, 2.45) is 0 Å². The summed E-state index contributed by atoms with van der Waals surface area (Å²) in [5, 5.41) is 12.7. The van der Waals surface area contributed by atoms with Gasteiger partial charge >= 0.3 is 0 Å². The maximum atomic E-state index is 9.18. The van der Waals surface area contributed by atoms with E-state index in [0.717, 1.165) is 29.7 Å². The normalized spacial score (nSPS) is 10.3. The topological polar surface area (TPSA) is 35.8 Å². The van der Waals surface area contributed by atoms with Gasteiger partial charge in [-0.25, -0.2) is 0 Å². The van der Waals surface area contributed by atoms with Gasteiger partial charge in [0.05, 0.1) is 11.3 Å². The standard InChI is InChI=1S/C15H22N2/c1-4-7-13(8-5-2)17-15-10-6-9-12(3)14(15)11-16/h6,9-10,13,17H,4-5,7-8H2,1-3H3. The van der Waals surface area contributed by atoms with Gasteiger partial charge in [-0.3, -0.25) is 0 Å². The van der Waals surface area contributed by atoms with E-state index >= 15 is 0 Å². The molecule has 0 amide bonds. The largest absolute Gasteiger partial charge is 0.381 e. The van der Waals surface area contributed by atoms with Gasteiger partial charge in [0.25, 0.3) is 0 Å². The molecule has 0 saturated carbocycles. The van der Waals surface area contributed by atoms with Gasteiger partial charge in [-0.2, -0.15) is 5.26 Å². The minimum atomic E-state index is 0.485. The van der Waals surface area contributed by atoms with Crippen LogP contribution in [0.2, 0.25) is 0 Å². The third kappa shape index (κ3) is 3.78. The Morgan fingerprint density at radius 3 is 2.41 bits per heavy atom. The van der Waals surface area contributed by atoms with Crippen LogP contribution in [-0.2, 0) is 0 Å². The Bertz CT molecular complexity index is 384. The Labute approximate surface area is 105 Å². The number of aryl methyl sites for hydroxylation is 1. The van der Waals surface area contributed by atoms with Crippen LogP contribution in [-0.4, -0.2) is 6.04 Å². The van der Waals surface area contributed by atoms with Gasteiger partial charge in [0.2, 0.25) is 0 Å². The maximum absolute atomic E-state index is 9.18. The van der Waals surface area contributed by atoms with Crippen molar-refractivity contribution < 1.29 is 0 Å². The summed E-state index contributed by atoms with van der Waals surface area (Å²) < 4.78 is 0. The van der Waals surface area contributed by atoms with E-state index < -0.39 is 0 Å². The maximum Gasteiger partial charge on any atom is 0.102 e. The molecule has 0 fully saturated rings. The van der Waals surface area contributed by atoms with Gasteiger partial charge in [-0.1, -0.05) is 38.8 Å². The fraction of sp³-hybridized carbons (Fsp3) is 0.533. The lowest BCUT2D eigenvalue weighted by Crippen LogP contribution is -2.19. The summed E-state index contributed by atoms with van der Waals surface area (Å²) in [7, 11) is 0. The molecule has 0 aliphatic rings. The molecule has 0 aromatic heterocycles. The van der Waals surface area contributed by atoms with Crippen LogP contribution in [0.1, 0.15) is 50.7 Å². The zero-order valence-corrected chi connectivity index (χ0v) is 11.1. The molecule has 0 spiro atoms. The molecule has 0 aliphatic heterocycles. The Hall–Kier alpha value is -1.49. The van der Waals surface area contributed by atoms with E-state index in [-0.39, 0.29) is 0 Å². The summed E-state index contributed by atoms with van der Waals surface area (Å²) in [6.07, 6.45) is 4.66. The van der Waals surface area contributed by atoms with Crippen molar-refractivity contribution in [1.29, 1.82) is 5.26 Å². The molecule has 0 bridgehead atoms. The quantitative estimate of drug-likeness (QED) is 0.793. The first-order valence-electron chi connectivity index (χ1n) is 6.49. The Balaban J connectivity index is 2.85. The average Bonchev–Trinajstić information content (AvgIpc) is 2.30. The van der Waals surface area contributed by atoms with Gasteiger partial charge in [-0.05, 0) is 31.4 Å². The summed E-state index contributed by atoms with van der Waals surface area (Å²) in [6.45, 7) is 6.38. The van der Waals surface area contributed by atoms with Gasteiger partial charge in [0.1, 0.15) is 6.07 Å². The molecule has 92 valence electrons. The van der Waals surface area contributed by atoms with Crippen molar-refractivity contribution in [3.63, 3.8) is 0 Å². The number of hydrogen-bond acceptors (Lipinski definition) is 2. The van der Waals surface area contributed by atoms with Crippen molar-refractivity contribution in [1.82, 2.24) is 0 Å². The molecule has 1 aromatic rings. The second kappa shape index (κ2) is 6.96. The van der Waals surface area contributed by atoms with Crippen molar-refractivity contribution in [2.75, 3.05) is 5.32 Å². The first kappa shape index (κ1) is 13.6. The molecule has 0 aliphatic carbocycles. The van der Waals surface area contributed by atoms with Crippen molar-refractivity contribution in [3.8, 4) is 6.07 Å².